The van der Waals surface area contributed by atoms with Gasteiger partial charge in [-0.05, 0) is 31.5 Å². The zero-order valence-electron chi connectivity index (χ0n) is 11.4. The van der Waals surface area contributed by atoms with E-state index in [1.54, 1.807) is 0 Å². The molecular formula is C15H24N2O2. The Hall–Kier alpha value is -1.39. The molecule has 0 amide bonds. The van der Waals surface area contributed by atoms with Gasteiger partial charge in [0.2, 0.25) is 0 Å². The molecule has 0 aliphatic heterocycles. The quantitative estimate of drug-likeness (QED) is 0.500. The Morgan fingerprint density at radius 3 is 2.63 bits per heavy atom. The maximum absolute atomic E-state index is 11.5. The Labute approximate surface area is 115 Å². The summed E-state index contributed by atoms with van der Waals surface area (Å²) in [6.45, 7) is 2.73. The predicted octanol–water partition coefficient (Wildman–Crippen LogP) is 1.84. The summed E-state index contributed by atoms with van der Waals surface area (Å²) in [5.41, 5.74) is 6.43. The first-order chi connectivity index (χ1) is 9.33. The molecule has 0 aromatic heterocycles. The van der Waals surface area contributed by atoms with Crippen LogP contribution in [-0.2, 0) is 16.1 Å². The number of hydrogen-bond acceptors (Lipinski definition) is 4. The Morgan fingerprint density at radius 1 is 1.11 bits per heavy atom. The van der Waals surface area contributed by atoms with E-state index in [1.165, 1.54) is 0 Å². The molecule has 0 unspecified atom stereocenters. The zero-order chi connectivity index (χ0) is 13.8. The minimum Gasteiger partial charge on any atom is -0.461 e. The molecule has 0 heterocycles. The van der Waals surface area contributed by atoms with Crippen LogP contribution in [0.5, 0.6) is 0 Å². The lowest BCUT2D eigenvalue weighted by atomic mass is 10.2. The van der Waals surface area contributed by atoms with Crippen molar-refractivity contribution in [3.05, 3.63) is 35.9 Å². The number of ether oxygens (including phenoxy) is 1. The third-order valence-electron chi connectivity index (χ3n) is 2.81. The van der Waals surface area contributed by atoms with Crippen molar-refractivity contribution in [3.63, 3.8) is 0 Å². The smallest absolute Gasteiger partial charge is 0.307 e. The fourth-order valence-corrected chi connectivity index (χ4v) is 1.70. The van der Waals surface area contributed by atoms with Gasteiger partial charge in [0, 0.05) is 6.54 Å². The van der Waals surface area contributed by atoms with Crippen molar-refractivity contribution in [1.82, 2.24) is 5.32 Å². The van der Waals surface area contributed by atoms with Gasteiger partial charge in [-0.2, -0.15) is 0 Å². The highest BCUT2D eigenvalue weighted by Gasteiger charge is 2.02. The lowest BCUT2D eigenvalue weighted by molar-refractivity contribution is -0.144. The Balaban J connectivity index is 1.96. The molecule has 0 bridgehead atoms. The predicted molar refractivity (Wildman–Crippen MR) is 76.6 cm³/mol. The van der Waals surface area contributed by atoms with Crippen LogP contribution in [0.3, 0.4) is 0 Å². The highest BCUT2D eigenvalue weighted by atomic mass is 16.5. The summed E-state index contributed by atoms with van der Waals surface area (Å²) >= 11 is 0. The Bertz CT molecular complexity index is 341. The SMILES string of the molecule is NCCCCCNCCC(=O)OCc1ccccc1. The summed E-state index contributed by atoms with van der Waals surface area (Å²) in [6.07, 6.45) is 3.74. The van der Waals surface area contributed by atoms with Gasteiger partial charge in [0.05, 0.1) is 6.42 Å². The van der Waals surface area contributed by atoms with Crippen molar-refractivity contribution in [1.29, 1.82) is 0 Å². The first-order valence-electron chi connectivity index (χ1n) is 6.93. The first kappa shape index (κ1) is 15.7. The summed E-state index contributed by atoms with van der Waals surface area (Å²) < 4.78 is 5.18. The molecule has 4 heteroatoms. The van der Waals surface area contributed by atoms with E-state index in [4.69, 9.17) is 10.5 Å². The van der Waals surface area contributed by atoms with Crippen molar-refractivity contribution in [3.8, 4) is 0 Å². The standard InChI is InChI=1S/C15H24N2O2/c16-10-5-2-6-11-17-12-9-15(18)19-13-14-7-3-1-4-8-14/h1,3-4,7-8,17H,2,5-6,9-13,16H2. The normalized spacial score (nSPS) is 10.4. The number of benzene rings is 1. The van der Waals surface area contributed by atoms with Gasteiger partial charge in [-0.3, -0.25) is 4.79 Å². The topological polar surface area (TPSA) is 64.3 Å². The summed E-state index contributed by atoms with van der Waals surface area (Å²) in [4.78, 5) is 11.5. The van der Waals surface area contributed by atoms with Crippen LogP contribution in [0.2, 0.25) is 0 Å². The molecule has 1 rings (SSSR count). The number of hydrogen-bond donors (Lipinski definition) is 2. The zero-order valence-corrected chi connectivity index (χ0v) is 11.4. The molecule has 0 saturated heterocycles. The summed E-state index contributed by atoms with van der Waals surface area (Å²) in [5.74, 6) is -0.154. The molecule has 0 saturated carbocycles. The van der Waals surface area contributed by atoms with E-state index < -0.39 is 0 Å². The van der Waals surface area contributed by atoms with Crippen LogP contribution in [0.25, 0.3) is 0 Å². The molecule has 0 aliphatic carbocycles. The molecule has 4 nitrogen and oxygen atoms in total. The molecular weight excluding hydrogens is 240 g/mol. The van der Waals surface area contributed by atoms with Crippen molar-refractivity contribution in [2.75, 3.05) is 19.6 Å². The van der Waals surface area contributed by atoms with Crippen LogP contribution in [0.15, 0.2) is 30.3 Å². The number of rotatable bonds is 10. The van der Waals surface area contributed by atoms with E-state index in [0.29, 0.717) is 19.6 Å². The Morgan fingerprint density at radius 2 is 1.89 bits per heavy atom. The number of carbonyl (C=O) groups excluding carboxylic acids is 1. The van der Waals surface area contributed by atoms with Crippen molar-refractivity contribution < 1.29 is 9.53 Å². The molecule has 106 valence electrons. The summed E-state index contributed by atoms with van der Waals surface area (Å²) in [6, 6.07) is 9.71. The molecule has 3 N–H and O–H groups in total. The fraction of sp³-hybridized carbons (Fsp3) is 0.533. The van der Waals surface area contributed by atoms with Crippen LogP contribution < -0.4 is 11.1 Å². The summed E-state index contributed by atoms with van der Waals surface area (Å²) in [7, 11) is 0. The highest BCUT2D eigenvalue weighted by Crippen LogP contribution is 2.01. The van der Waals surface area contributed by atoms with Crippen LogP contribution in [0, 0.1) is 0 Å². The monoisotopic (exact) mass is 264 g/mol. The highest BCUT2D eigenvalue weighted by molar-refractivity contribution is 5.69. The van der Waals surface area contributed by atoms with Crippen LogP contribution in [-0.4, -0.2) is 25.6 Å². The maximum Gasteiger partial charge on any atom is 0.307 e. The average Bonchev–Trinajstić information content (AvgIpc) is 2.45. The van der Waals surface area contributed by atoms with Gasteiger partial charge in [0.1, 0.15) is 6.61 Å². The second-order valence-corrected chi connectivity index (χ2v) is 4.50. The van der Waals surface area contributed by atoms with Crippen LogP contribution in [0.4, 0.5) is 0 Å². The van der Waals surface area contributed by atoms with E-state index in [-0.39, 0.29) is 5.97 Å². The molecule has 0 spiro atoms. The van der Waals surface area contributed by atoms with Gasteiger partial charge in [-0.15, -0.1) is 0 Å². The molecule has 0 aliphatic rings. The number of unbranched alkanes of at least 4 members (excludes halogenated alkanes) is 2. The van der Waals surface area contributed by atoms with Gasteiger partial charge in [0.25, 0.3) is 0 Å². The van der Waals surface area contributed by atoms with E-state index in [2.05, 4.69) is 5.32 Å². The lowest BCUT2D eigenvalue weighted by Gasteiger charge is -2.06. The average molecular weight is 264 g/mol. The first-order valence-corrected chi connectivity index (χ1v) is 6.93. The Kier molecular flexibility index (Phi) is 8.68. The molecule has 19 heavy (non-hydrogen) atoms. The molecule has 0 radical (unpaired) electrons. The van der Waals surface area contributed by atoms with E-state index in [1.807, 2.05) is 30.3 Å². The molecule has 1 aromatic carbocycles. The second kappa shape index (κ2) is 10.5. The van der Waals surface area contributed by atoms with Gasteiger partial charge in [-0.25, -0.2) is 0 Å². The minimum absolute atomic E-state index is 0.154. The lowest BCUT2D eigenvalue weighted by Crippen LogP contribution is -2.20. The van der Waals surface area contributed by atoms with E-state index >= 15 is 0 Å². The molecule has 0 atom stereocenters. The molecule has 0 fully saturated rings. The number of nitrogens with two attached hydrogens (primary N) is 1. The van der Waals surface area contributed by atoms with E-state index in [9.17, 15) is 4.79 Å². The number of esters is 1. The third kappa shape index (κ3) is 8.35. The van der Waals surface area contributed by atoms with Gasteiger partial charge in [0.15, 0.2) is 0 Å². The third-order valence-corrected chi connectivity index (χ3v) is 2.81. The molecule has 1 aromatic rings. The van der Waals surface area contributed by atoms with E-state index in [0.717, 1.165) is 37.9 Å². The summed E-state index contributed by atoms with van der Waals surface area (Å²) in [5, 5.41) is 3.23. The van der Waals surface area contributed by atoms with Crippen LogP contribution >= 0.6 is 0 Å². The van der Waals surface area contributed by atoms with Gasteiger partial charge >= 0.3 is 5.97 Å². The maximum atomic E-state index is 11.5. The van der Waals surface area contributed by atoms with Crippen LogP contribution in [0.1, 0.15) is 31.2 Å². The van der Waals surface area contributed by atoms with Crippen molar-refractivity contribution in [2.24, 2.45) is 5.73 Å². The minimum atomic E-state index is -0.154. The van der Waals surface area contributed by atoms with Crippen molar-refractivity contribution >= 4 is 5.97 Å². The van der Waals surface area contributed by atoms with Gasteiger partial charge < -0.3 is 15.8 Å². The van der Waals surface area contributed by atoms with Crippen molar-refractivity contribution in [2.45, 2.75) is 32.3 Å². The number of nitrogens with one attached hydrogen (secondary N) is 1. The largest absolute Gasteiger partial charge is 0.461 e. The number of carbonyl (C=O) groups is 1. The van der Waals surface area contributed by atoms with Gasteiger partial charge in [-0.1, -0.05) is 36.8 Å². The fourth-order valence-electron chi connectivity index (χ4n) is 1.70. The second-order valence-electron chi connectivity index (χ2n) is 4.50.